The van der Waals surface area contributed by atoms with Crippen molar-refractivity contribution < 1.29 is 9.59 Å². The lowest BCUT2D eigenvalue weighted by Crippen LogP contribution is -2.43. The predicted octanol–water partition coefficient (Wildman–Crippen LogP) is 2.64. The Labute approximate surface area is 167 Å². The fourth-order valence-electron chi connectivity index (χ4n) is 3.48. The van der Waals surface area contributed by atoms with E-state index >= 15 is 0 Å². The number of carbonyl (C=O) groups excluding carboxylic acids is 2. The van der Waals surface area contributed by atoms with Crippen LogP contribution in [0.3, 0.4) is 0 Å². The van der Waals surface area contributed by atoms with Gasteiger partial charge in [-0.25, -0.2) is 0 Å². The van der Waals surface area contributed by atoms with Gasteiger partial charge in [0.25, 0.3) is 0 Å². The van der Waals surface area contributed by atoms with Gasteiger partial charge in [0.05, 0.1) is 0 Å². The number of nitrogens with zero attached hydrogens (tertiary/aromatic N) is 1. The molecule has 1 fully saturated rings. The number of carbonyl (C=O) groups is 2. The molecule has 1 aliphatic rings. The van der Waals surface area contributed by atoms with E-state index in [-0.39, 0.29) is 0 Å². The maximum atomic E-state index is 12.0. The second-order valence-corrected chi connectivity index (χ2v) is 7.58. The Balaban J connectivity index is 1.33. The average molecular weight is 380 g/mol. The first kappa shape index (κ1) is 20.1. The van der Waals surface area contributed by atoms with Crippen LogP contribution in [0.5, 0.6) is 0 Å². The van der Waals surface area contributed by atoms with E-state index in [1.165, 1.54) is 11.1 Å². The van der Waals surface area contributed by atoms with Gasteiger partial charge in [-0.05, 0) is 49.9 Å². The molecule has 0 aliphatic carbocycles. The molecule has 5 nitrogen and oxygen atoms in total. The summed E-state index contributed by atoms with van der Waals surface area (Å²) in [7, 11) is 0. The highest BCUT2D eigenvalue weighted by Crippen LogP contribution is 2.18. The minimum absolute atomic E-state index is 0.365. The molecule has 0 bridgehead atoms. The van der Waals surface area contributed by atoms with Crippen molar-refractivity contribution in [3.05, 3.63) is 71.3 Å². The van der Waals surface area contributed by atoms with E-state index in [9.17, 15) is 9.59 Å². The zero-order valence-electron chi connectivity index (χ0n) is 16.5. The lowest BCUT2D eigenvalue weighted by molar-refractivity contribution is -0.139. The Hall–Kier alpha value is -2.66. The van der Waals surface area contributed by atoms with E-state index in [0.717, 1.165) is 38.0 Å². The number of aryl methyl sites for hydroxylation is 1. The van der Waals surface area contributed by atoms with Crippen molar-refractivity contribution in [2.75, 3.05) is 19.6 Å². The monoisotopic (exact) mass is 379 g/mol. The summed E-state index contributed by atoms with van der Waals surface area (Å²) >= 11 is 0. The number of hydrogen-bond donors (Lipinski definition) is 2. The third-order valence-corrected chi connectivity index (χ3v) is 5.29. The van der Waals surface area contributed by atoms with Crippen LogP contribution in [0.25, 0.3) is 0 Å². The Morgan fingerprint density at radius 1 is 0.893 bits per heavy atom. The number of hydrogen-bond acceptors (Lipinski definition) is 3. The van der Waals surface area contributed by atoms with Gasteiger partial charge in [-0.3, -0.25) is 14.5 Å². The molecule has 3 rings (SSSR count). The average Bonchev–Trinajstić information content (AvgIpc) is 2.73. The summed E-state index contributed by atoms with van der Waals surface area (Å²) in [5.41, 5.74) is 3.49. The third-order valence-electron chi connectivity index (χ3n) is 5.29. The van der Waals surface area contributed by atoms with Crippen LogP contribution in [0.1, 0.15) is 29.5 Å². The first-order chi connectivity index (χ1) is 13.6. The molecule has 2 aromatic carbocycles. The van der Waals surface area contributed by atoms with Crippen LogP contribution in [0.15, 0.2) is 54.6 Å². The molecule has 5 heteroatoms. The fourth-order valence-corrected chi connectivity index (χ4v) is 3.48. The van der Waals surface area contributed by atoms with E-state index in [2.05, 4.69) is 39.8 Å². The van der Waals surface area contributed by atoms with Crippen molar-refractivity contribution in [1.29, 1.82) is 0 Å². The summed E-state index contributed by atoms with van der Waals surface area (Å²) in [4.78, 5) is 26.5. The first-order valence-electron chi connectivity index (χ1n) is 9.98. The maximum Gasteiger partial charge on any atom is 0.309 e. The van der Waals surface area contributed by atoms with E-state index in [4.69, 9.17) is 0 Å². The van der Waals surface area contributed by atoms with Gasteiger partial charge >= 0.3 is 11.8 Å². The second kappa shape index (κ2) is 10.0. The summed E-state index contributed by atoms with van der Waals surface area (Å²) in [6.07, 6.45) is 2.08. The summed E-state index contributed by atoms with van der Waals surface area (Å²) < 4.78 is 0. The van der Waals surface area contributed by atoms with Gasteiger partial charge in [0, 0.05) is 19.6 Å². The predicted molar refractivity (Wildman–Crippen MR) is 110 cm³/mol. The minimum Gasteiger partial charge on any atom is -0.348 e. The third kappa shape index (κ3) is 6.20. The van der Waals surface area contributed by atoms with Crippen LogP contribution in [-0.4, -0.2) is 36.3 Å². The van der Waals surface area contributed by atoms with Crippen molar-refractivity contribution in [1.82, 2.24) is 15.5 Å². The van der Waals surface area contributed by atoms with Gasteiger partial charge < -0.3 is 10.6 Å². The highest BCUT2D eigenvalue weighted by atomic mass is 16.2. The molecule has 28 heavy (non-hydrogen) atoms. The molecular formula is C23H29N3O2. The largest absolute Gasteiger partial charge is 0.348 e. The van der Waals surface area contributed by atoms with E-state index in [1.807, 2.05) is 37.3 Å². The minimum atomic E-state index is -0.568. The Bertz CT molecular complexity index is 766. The lowest BCUT2D eigenvalue weighted by Gasteiger charge is -2.32. The topological polar surface area (TPSA) is 61.4 Å². The van der Waals surface area contributed by atoms with E-state index in [1.54, 1.807) is 0 Å². The molecule has 0 spiro atoms. The zero-order valence-corrected chi connectivity index (χ0v) is 16.5. The van der Waals surface area contributed by atoms with Crippen molar-refractivity contribution in [3.63, 3.8) is 0 Å². The standard InChI is InChI=1S/C23H29N3O2/c1-18-7-9-19(10-8-18)15-24-22(27)23(28)25-16-20-11-13-26(14-12-20)17-21-5-3-2-4-6-21/h2-10,20H,11-17H2,1H3,(H,24,27)(H,25,28). The molecule has 1 heterocycles. The number of rotatable bonds is 6. The number of likely N-dealkylation sites (tertiary alicyclic amines) is 1. The summed E-state index contributed by atoms with van der Waals surface area (Å²) in [5.74, 6) is -0.679. The molecule has 2 aromatic rings. The molecule has 0 atom stereocenters. The van der Waals surface area contributed by atoms with Gasteiger partial charge in [0.15, 0.2) is 0 Å². The van der Waals surface area contributed by atoms with Crippen molar-refractivity contribution in [2.45, 2.75) is 32.9 Å². The molecule has 2 N–H and O–H groups in total. The Morgan fingerprint density at radius 3 is 2.21 bits per heavy atom. The molecule has 2 amide bonds. The zero-order chi connectivity index (χ0) is 19.8. The summed E-state index contributed by atoms with van der Waals surface area (Å²) in [5, 5.41) is 5.47. The van der Waals surface area contributed by atoms with Crippen molar-refractivity contribution in [2.24, 2.45) is 5.92 Å². The summed E-state index contributed by atoms with van der Waals surface area (Å²) in [6.45, 7) is 5.97. The van der Waals surface area contributed by atoms with Crippen LogP contribution in [-0.2, 0) is 22.7 Å². The quantitative estimate of drug-likeness (QED) is 0.759. The lowest BCUT2D eigenvalue weighted by atomic mass is 9.96. The first-order valence-corrected chi connectivity index (χ1v) is 9.98. The Kier molecular flexibility index (Phi) is 7.20. The smallest absolute Gasteiger partial charge is 0.309 e. The number of nitrogens with one attached hydrogen (secondary N) is 2. The van der Waals surface area contributed by atoms with Crippen LogP contribution >= 0.6 is 0 Å². The number of amides is 2. The molecule has 0 unspecified atom stereocenters. The maximum absolute atomic E-state index is 12.0. The van der Waals surface area contributed by atoms with E-state index in [0.29, 0.717) is 19.0 Å². The van der Waals surface area contributed by atoms with Gasteiger partial charge in [-0.1, -0.05) is 60.2 Å². The molecule has 148 valence electrons. The van der Waals surface area contributed by atoms with Gasteiger partial charge in [0.2, 0.25) is 0 Å². The molecular weight excluding hydrogens is 350 g/mol. The normalized spacial score (nSPS) is 15.2. The van der Waals surface area contributed by atoms with Crippen molar-refractivity contribution in [3.8, 4) is 0 Å². The molecule has 0 radical (unpaired) electrons. The molecule has 0 aromatic heterocycles. The van der Waals surface area contributed by atoms with Gasteiger partial charge in [0.1, 0.15) is 0 Å². The highest BCUT2D eigenvalue weighted by Gasteiger charge is 2.21. The van der Waals surface area contributed by atoms with Crippen LogP contribution < -0.4 is 10.6 Å². The highest BCUT2D eigenvalue weighted by molar-refractivity contribution is 6.35. The van der Waals surface area contributed by atoms with Crippen LogP contribution in [0.4, 0.5) is 0 Å². The fraction of sp³-hybridized carbons (Fsp3) is 0.391. The second-order valence-electron chi connectivity index (χ2n) is 7.58. The SMILES string of the molecule is Cc1ccc(CNC(=O)C(=O)NCC2CCN(Cc3ccccc3)CC2)cc1. The molecule has 0 saturated carbocycles. The number of benzene rings is 2. The summed E-state index contributed by atoms with van der Waals surface area (Å²) in [6, 6.07) is 18.4. The van der Waals surface area contributed by atoms with Gasteiger partial charge in [-0.15, -0.1) is 0 Å². The van der Waals surface area contributed by atoms with Crippen molar-refractivity contribution >= 4 is 11.8 Å². The Morgan fingerprint density at radius 2 is 1.54 bits per heavy atom. The number of piperidine rings is 1. The van der Waals surface area contributed by atoms with E-state index < -0.39 is 11.8 Å². The van der Waals surface area contributed by atoms with Crippen LogP contribution in [0, 0.1) is 12.8 Å². The molecule has 1 aliphatic heterocycles. The van der Waals surface area contributed by atoms with Crippen LogP contribution in [0.2, 0.25) is 0 Å². The molecule has 1 saturated heterocycles. The van der Waals surface area contributed by atoms with Gasteiger partial charge in [-0.2, -0.15) is 0 Å².